The van der Waals surface area contributed by atoms with Gasteiger partial charge in [-0.2, -0.15) is 5.10 Å². The number of hydrogen-bond donors (Lipinski definition) is 3. The van der Waals surface area contributed by atoms with Crippen molar-refractivity contribution in [1.29, 1.82) is 0 Å². The van der Waals surface area contributed by atoms with Gasteiger partial charge in [0.15, 0.2) is 11.7 Å². The number of anilines is 2. The van der Waals surface area contributed by atoms with Crippen LogP contribution in [-0.2, 0) is 4.79 Å². The number of halogens is 2. The summed E-state index contributed by atoms with van der Waals surface area (Å²) < 4.78 is 6.00. The number of amides is 1. The average molecular weight is 586 g/mol. The van der Waals surface area contributed by atoms with E-state index in [-0.39, 0.29) is 0 Å². The first-order valence-corrected chi connectivity index (χ1v) is 12.5. The van der Waals surface area contributed by atoms with Crippen LogP contribution in [0.3, 0.4) is 0 Å². The van der Waals surface area contributed by atoms with Crippen LogP contribution in [0.5, 0.6) is 5.75 Å². The number of rotatable bonds is 9. The molecule has 3 N–H and O–H groups in total. The molecule has 0 aliphatic carbocycles. The Labute approximate surface area is 223 Å². The minimum atomic E-state index is -1.09. The molecule has 0 bridgehead atoms. The molecule has 3 aromatic carbocycles. The number of carbonyl (C=O) groups excluding carboxylic acids is 1. The number of ether oxygens (including phenoxy) is 1. The van der Waals surface area contributed by atoms with Gasteiger partial charge in [0.1, 0.15) is 5.75 Å². The van der Waals surface area contributed by atoms with Crippen molar-refractivity contribution in [1.82, 2.24) is 10.4 Å². The van der Waals surface area contributed by atoms with Crippen LogP contribution >= 0.6 is 38.9 Å². The lowest BCUT2D eigenvalue weighted by atomic mass is 10.1. The highest BCUT2D eigenvalue weighted by molar-refractivity contribution is 9.10. The third kappa shape index (κ3) is 6.91. The van der Waals surface area contributed by atoms with Crippen LogP contribution in [-0.4, -0.2) is 34.8 Å². The summed E-state index contributed by atoms with van der Waals surface area (Å²) in [4.78, 5) is 27.9. The van der Waals surface area contributed by atoms with Crippen molar-refractivity contribution < 1.29 is 19.4 Å². The minimum Gasteiger partial charge on any atom is -0.481 e. The first-order chi connectivity index (χ1) is 17.4. The number of carboxylic acids is 1. The summed E-state index contributed by atoms with van der Waals surface area (Å²) in [6, 6.07) is 19.4. The summed E-state index contributed by atoms with van der Waals surface area (Å²) in [6.07, 6.45) is 1.39. The molecule has 1 aromatic heterocycles. The van der Waals surface area contributed by atoms with Crippen molar-refractivity contribution in [2.75, 3.05) is 11.9 Å². The summed E-state index contributed by atoms with van der Waals surface area (Å²) in [7, 11) is 0. The van der Waals surface area contributed by atoms with Crippen molar-refractivity contribution in [3.63, 3.8) is 0 Å². The van der Waals surface area contributed by atoms with E-state index in [1.165, 1.54) is 17.6 Å². The van der Waals surface area contributed by atoms with Gasteiger partial charge in [0.2, 0.25) is 0 Å². The quantitative estimate of drug-likeness (QED) is 0.159. The predicted molar refractivity (Wildman–Crippen MR) is 145 cm³/mol. The molecule has 0 unspecified atom stereocenters. The van der Waals surface area contributed by atoms with E-state index in [2.05, 4.69) is 36.8 Å². The first kappa shape index (κ1) is 25.4. The van der Waals surface area contributed by atoms with E-state index in [1.807, 2.05) is 29.6 Å². The van der Waals surface area contributed by atoms with Crippen molar-refractivity contribution in [3.05, 3.63) is 92.7 Å². The minimum absolute atomic E-state index is 0.330. The fourth-order valence-electron chi connectivity index (χ4n) is 3.03. The van der Waals surface area contributed by atoms with Gasteiger partial charge in [-0.15, -0.1) is 11.3 Å². The molecule has 0 atom stereocenters. The Kier molecular flexibility index (Phi) is 8.32. The van der Waals surface area contributed by atoms with Crippen LogP contribution in [0.4, 0.5) is 10.8 Å². The molecule has 1 heterocycles. The van der Waals surface area contributed by atoms with Crippen LogP contribution in [0.1, 0.15) is 15.9 Å². The van der Waals surface area contributed by atoms with Gasteiger partial charge in [0, 0.05) is 37.3 Å². The van der Waals surface area contributed by atoms with Gasteiger partial charge in [0.25, 0.3) is 5.91 Å². The maximum absolute atomic E-state index is 12.5. The number of aliphatic carboxylic acids is 1. The van der Waals surface area contributed by atoms with E-state index in [0.717, 1.165) is 26.5 Å². The van der Waals surface area contributed by atoms with Crippen LogP contribution in [0.25, 0.3) is 11.3 Å². The predicted octanol–water partition coefficient (Wildman–Crippen LogP) is 6.20. The van der Waals surface area contributed by atoms with Gasteiger partial charge in [-0.3, -0.25) is 4.79 Å². The Morgan fingerprint density at radius 2 is 1.86 bits per heavy atom. The number of thiazole rings is 1. The van der Waals surface area contributed by atoms with Crippen molar-refractivity contribution in [2.45, 2.75) is 0 Å². The van der Waals surface area contributed by atoms with Crippen LogP contribution in [0.15, 0.2) is 81.7 Å². The van der Waals surface area contributed by atoms with Gasteiger partial charge >= 0.3 is 5.97 Å². The molecule has 4 aromatic rings. The maximum Gasteiger partial charge on any atom is 0.341 e. The van der Waals surface area contributed by atoms with Crippen LogP contribution in [0, 0.1) is 0 Å². The highest BCUT2D eigenvalue weighted by Crippen LogP contribution is 2.28. The third-order valence-electron chi connectivity index (χ3n) is 4.74. The first-order valence-electron chi connectivity index (χ1n) is 10.4. The van der Waals surface area contributed by atoms with Gasteiger partial charge in [-0.1, -0.05) is 39.7 Å². The Balaban J connectivity index is 1.38. The normalized spacial score (nSPS) is 10.8. The fraction of sp³-hybridized carbons (Fsp3) is 0.0400. The van der Waals surface area contributed by atoms with E-state index in [9.17, 15) is 9.59 Å². The molecular formula is C25H18BrClN4O4S. The number of nitrogens with one attached hydrogen (secondary N) is 2. The average Bonchev–Trinajstić information content (AvgIpc) is 3.33. The number of carboxylic acid groups (broad SMARTS) is 1. The maximum atomic E-state index is 12.5. The molecule has 1 amide bonds. The van der Waals surface area contributed by atoms with Crippen LogP contribution < -0.4 is 15.5 Å². The molecule has 0 radical (unpaired) electrons. The summed E-state index contributed by atoms with van der Waals surface area (Å²) >= 11 is 10.7. The summed E-state index contributed by atoms with van der Waals surface area (Å²) in [5.74, 6) is -1.16. The number of nitrogens with zero attached hydrogens (tertiary/aromatic N) is 2. The second kappa shape index (κ2) is 11.8. The van der Waals surface area contributed by atoms with Gasteiger partial charge in [-0.25, -0.2) is 15.2 Å². The fourth-order valence-corrected chi connectivity index (χ4v) is 4.27. The number of hydrazone groups is 1. The number of aromatic nitrogens is 1. The monoisotopic (exact) mass is 584 g/mol. The van der Waals surface area contributed by atoms with E-state index < -0.39 is 18.5 Å². The van der Waals surface area contributed by atoms with Crippen molar-refractivity contribution >= 4 is 67.8 Å². The molecule has 0 fully saturated rings. The highest BCUT2D eigenvalue weighted by atomic mass is 79.9. The zero-order chi connectivity index (χ0) is 25.5. The molecule has 0 saturated heterocycles. The molecule has 0 saturated carbocycles. The lowest BCUT2D eigenvalue weighted by molar-refractivity contribution is -0.139. The van der Waals surface area contributed by atoms with E-state index >= 15 is 0 Å². The SMILES string of the molecule is O=C(O)COc1ccc(Br)cc1C=NNC(=O)c1ccc(-c2csc(Nc3ccc(Cl)cc3)n2)cc1. The second-order valence-electron chi connectivity index (χ2n) is 7.31. The molecule has 36 heavy (non-hydrogen) atoms. The topological polar surface area (TPSA) is 113 Å². The second-order valence-corrected chi connectivity index (χ2v) is 9.52. The summed E-state index contributed by atoms with van der Waals surface area (Å²) in [5, 5.41) is 19.4. The van der Waals surface area contributed by atoms with Crippen molar-refractivity contribution in [3.8, 4) is 17.0 Å². The van der Waals surface area contributed by atoms with E-state index in [4.69, 9.17) is 21.4 Å². The number of carbonyl (C=O) groups is 2. The number of hydrogen-bond acceptors (Lipinski definition) is 7. The Morgan fingerprint density at radius 1 is 1.11 bits per heavy atom. The molecular weight excluding hydrogens is 568 g/mol. The Bertz CT molecular complexity index is 1410. The van der Waals surface area contributed by atoms with Gasteiger partial charge in [-0.05, 0) is 54.6 Å². The molecule has 0 aliphatic rings. The Morgan fingerprint density at radius 3 is 2.58 bits per heavy atom. The third-order valence-corrected chi connectivity index (χ3v) is 6.24. The molecule has 0 aliphatic heterocycles. The highest BCUT2D eigenvalue weighted by Gasteiger charge is 2.09. The lowest BCUT2D eigenvalue weighted by Crippen LogP contribution is -2.17. The Hall–Kier alpha value is -3.73. The van der Waals surface area contributed by atoms with E-state index in [0.29, 0.717) is 21.9 Å². The molecule has 4 rings (SSSR count). The summed E-state index contributed by atoms with van der Waals surface area (Å²) in [6.45, 7) is -0.487. The smallest absolute Gasteiger partial charge is 0.341 e. The number of benzene rings is 3. The largest absolute Gasteiger partial charge is 0.481 e. The standard InChI is InChI=1S/C25H18BrClN4O4S/c26-18-5-10-22(35-13-23(32)33)17(11-18)12-28-31-24(34)16-3-1-15(2-4-16)21-14-36-25(30-21)29-20-8-6-19(27)7-9-20/h1-12,14H,13H2,(H,29,30)(H,31,34)(H,32,33). The van der Waals surface area contributed by atoms with Gasteiger partial charge < -0.3 is 15.2 Å². The van der Waals surface area contributed by atoms with Gasteiger partial charge in [0.05, 0.1) is 11.9 Å². The lowest BCUT2D eigenvalue weighted by Gasteiger charge is -2.07. The molecule has 182 valence electrons. The summed E-state index contributed by atoms with van der Waals surface area (Å²) in [5.41, 5.74) is 5.92. The molecule has 0 spiro atoms. The van der Waals surface area contributed by atoms with E-state index in [1.54, 1.807) is 42.5 Å². The zero-order valence-electron chi connectivity index (χ0n) is 18.4. The van der Waals surface area contributed by atoms with Crippen molar-refractivity contribution in [2.24, 2.45) is 5.10 Å². The van der Waals surface area contributed by atoms with Crippen LogP contribution in [0.2, 0.25) is 5.02 Å². The molecule has 8 nitrogen and oxygen atoms in total. The zero-order valence-corrected chi connectivity index (χ0v) is 21.6. The molecule has 11 heteroatoms.